The monoisotopic (exact) mass is 857 g/mol. The summed E-state index contributed by atoms with van der Waals surface area (Å²) < 4.78 is 15.7. The Morgan fingerprint density at radius 2 is 1.23 bits per heavy atom. The van der Waals surface area contributed by atoms with E-state index in [1.54, 1.807) is 51.3 Å². The van der Waals surface area contributed by atoms with Gasteiger partial charge in [0, 0.05) is 39.5 Å². The van der Waals surface area contributed by atoms with Crippen LogP contribution in [0.25, 0.3) is 0 Å². The Labute approximate surface area is 356 Å². The zero-order valence-electron chi connectivity index (χ0n) is 35.2. The number of aryl methyl sites for hydroxylation is 2. The molecule has 0 fully saturated rings. The second-order valence-electron chi connectivity index (χ2n) is 14.3. The van der Waals surface area contributed by atoms with Crippen LogP contribution in [0, 0.1) is 19.3 Å². The van der Waals surface area contributed by atoms with Crippen molar-refractivity contribution in [3.05, 3.63) is 64.7 Å². The van der Waals surface area contributed by atoms with Crippen molar-refractivity contribution in [1.29, 1.82) is 5.41 Å². The van der Waals surface area contributed by atoms with Gasteiger partial charge in [-0.15, -0.1) is 0 Å². The van der Waals surface area contributed by atoms with E-state index < -0.39 is 53.9 Å². The van der Waals surface area contributed by atoms with Crippen LogP contribution in [-0.2, 0) is 51.0 Å². The van der Waals surface area contributed by atoms with Crippen molar-refractivity contribution in [3.63, 3.8) is 0 Å². The third-order valence-corrected chi connectivity index (χ3v) is 9.42. The molecular formula is C41H63N9O11. The number of phenolic OH excluding ortho intramolecular Hbond substituents is 1. The van der Waals surface area contributed by atoms with Gasteiger partial charge in [-0.3, -0.25) is 29.4 Å². The first-order chi connectivity index (χ1) is 29.1. The van der Waals surface area contributed by atoms with Gasteiger partial charge in [0.25, 0.3) is 0 Å². The molecule has 4 atom stereocenters. The van der Waals surface area contributed by atoms with Crippen LogP contribution in [0.15, 0.2) is 42.5 Å². The lowest BCUT2D eigenvalue weighted by molar-refractivity contribution is -0.133. The molecule has 20 nitrogen and oxygen atoms in total. The molecule has 0 saturated heterocycles. The summed E-state index contributed by atoms with van der Waals surface area (Å²) in [4.78, 5) is 78.4. The number of primary amides is 1. The summed E-state index contributed by atoms with van der Waals surface area (Å²) in [6, 6.07) is 6.84. The molecule has 20 heteroatoms. The number of aromatic hydroxyl groups is 1. The van der Waals surface area contributed by atoms with Crippen molar-refractivity contribution < 1.29 is 53.2 Å². The van der Waals surface area contributed by atoms with E-state index in [1.165, 1.54) is 12.1 Å². The van der Waals surface area contributed by atoms with Gasteiger partial charge in [0.1, 0.15) is 29.9 Å². The third-order valence-electron chi connectivity index (χ3n) is 9.42. The molecule has 0 unspecified atom stereocenters. The third kappa shape index (κ3) is 21.2. The van der Waals surface area contributed by atoms with E-state index in [1.807, 2.05) is 0 Å². The Balaban J connectivity index is 2.28. The second-order valence-corrected chi connectivity index (χ2v) is 14.3. The molecule has 0 bridgehead atoms. The maximum absolute atomic E-state index is 14.3. The van der Waals surface area contributed by atoms with Gasteiger partial charge >= 0.3 is 6.09 Å². The van der Waals surface area contributed by atoms with Crippen molar-refractivity contribution in [2.24, 2.45) is 11.5 Å². The number of unbranched alkanes of at least 4 members (excludes halogenated alkanes) is 1. The van der Waals surface area contributed by atoms with Crippen molar-refractivity contribution in [1.82, 2.24) is 31.9 Å². The number of carbonyl (C=O) groups is 6. The Bertz CT molecular complexity index is 1710. The van der Waals surface area contributed by atoms with E-state index in [-0.39, 0.29) is 75.8 Å². The van der Waals surface area contributed by atoms with Gasteiger partial charge in [-0.25, -0.2) is 4.79 Å². The number of benzene rings is 2. The molecule has 0 radical (unpaired) electrons. The summed E-state index contributed by atoms with van der Waals surface area (Å²) in [5.41, 5.74) is 13.6. The zero-order chi connectivity index (χ0) is 45.2. The molecule has 0 aliphatic carbocycles. The standard InChI is InChI=1S/C41H63N9O11/c1-26-22-29(51)23-27(2)30(26)25-34(49-38(55)32(50-41(57)58)13-9-16-46-40(43)44)39(56)47-31(37(54)48-33(36(42)53)24-28-10-5-4-6-11-28)12-7-8-15-45-35(52)14-17-60-20-21-61-19-18-59-3/h4-6,10-11,22-23,31-34,50-51H,7-9,12-21,24-25H2,1-3H3,(H2,42,53)(H,45,52)(H,47,56)(H,48,54)(H,49,55)(H,57,58)(H4,43,44,46)/t31-,32+,33-,34-/m0/s1. The number of nitrogens with one attached hydrogen (secondary N) is 7. The Morgan fingerprint density at radius 3 is 1.84 bits per heavy atom. The summed E-state index contributed by atoms with van der Waals surface area (Å²) >= 11 is 0. The highest BCUT2D eigenvalue weighted by atomic mass is 16.5. The summed E-state index contributed by atoms with van der Waals surface area (Å²) in [5.74, 6) is -3.67. The molecule has 13 N–H and O–H groups in total. The van der Waals surface area contributed by atoms with Crippen molar-refractivity contribution in [3.8, 4) is 5.75 Å². The summed E-state index contributed by atoms with van der Waals surface area (Å²) in [7, 11) is 1.58. The van der Waals surface area contributed by atoms with Crippen molar-refractivity contribution in [2.75, 3.05) is 53.2 Å². The minimum Gasteiger partial charge on any atom is -0.508 e. The minimum absolute atomic E-state index is 0.00559. The predicted molar refractivity (Wildman–Crippen MR) is 226 cm³/mol. The van der Waals surface area contributed by atoms with Crippen LogP contribution >= 0.6 is 0 Å². The first kappa shape index (κ1) is 51.2. The number of rotatable bonds is 30. The molecule has 6 amide bonds. The van der Waals surface area contributed by atoms with Gasteiger partial charge in [0.2, 0.25) is 29.5 Å². The van der Waals surface area contributed by atoms with Crippen LogP contribution in [-0.4, -0.2) is 129 Å². The maximum Gasteiger partial charge on any atom is 0.405 e. The van der Waals surface area contributed by atoms with Gasteiger partial charge in [-0.1, -0.05) is 30.3 Å². The molecule has 61 heavy (non-hydrogen) atoms. The molecule has 2 rings (SSSR count). The van der Waals surface area contributed by atoms with E-state index in [2.05, 4.69) is 31.9 Å². The smallest absolute Gasteiger partial charge is 0.405 e. The number of carbonyl (C=O) groups excluding carboxylic acids is 5. The molecule has 0 spiro atoms. The number of guanidine groups is 1. The molecular weight excluding hydrogens is 795 g/mol. The largest absolute Gasteiger partial charge is 0.508 e. The van der Waals surface area contributed by atoms with Crippen LogP contribution in [0.5, 0.6) is 5.75 Å². The minimum atomic E-state index is -1.48. The second kappa shape index (κ2) is 28.5. The number of phenols is 1. The molecule has 2 aromatic carbocycles. The summed E-state index contributed by atoms with van der Waals surface area (Å²) in [6.07, 6.45) is -0.362. The van der Waals surface area contributed by atoms with Gasteiger partial charge in [0.05, 0.1) is 33.0 Å². The average Bonchev–Trinajstić information content (AvgIpc) is 3.19. The van der Waals surface area contributed by atoms with Gasteiger partial charge in [0.15, 0.2) is 5.96 Å². The molecule has 0 saturated carbocycles. The molecule has 0 aliphatic heterocycles. The number of hydrogen-bond donors (Lipinski definition) is 11. The SMILES string of the molecule is COCCOCCOCCC(=O)NCCCC[C@H](NC(=O)[C@H](Cc1c(C)cc(O)cc1C)NC(=O)[C@@H](CCCNC(=N)N)NC(=O)O)C(=O)N[C@@H](Cc1ccccc1)C(N)=O. The quantitative estimate of drug-likeness (QED) is 0.0280. The Kier molecular flexibility index (Phi) is 23.9. The van der Waals surface area contributed by atoms with Crippen LogP contribution in [0.3, 0.4) is 0 Å². The fourth-order valence-corrected chi connectivity index (χ4v) is 6.23. The fraction of sp³-hybridized carbons (Fsp3) is 0.537. The number of nitrogens with two attached hydrogens (primary N) is 2. The lowest BCUT2D eigenvalue weighted by atomic mass is 9.95. The van der Waals surface area contributed by atoms with E-state index in [4.69, 9.17) is 31.1 Å². The molecule has 2 aromatic rings. The number of amides is 6. The van der Waals surface area contributed by atoms with Crippen LogP contribution in [0.1, 0.15) is 60.8 Å². The zero-order valence-corrected chi connectivity index (χ0v) is 35.2. The highest BCUT2D eigenvalue weighted by Crippen LogP contribution is 2.22. The topological polar surface area (TPSA) is 319 Å². The Hall–Kier alpha value is -5.99. The van der Waals surface area contributed by atoms with E-state index in [9.17, 15) is 39.0 Å². The van der Waals surface area contributed by atoms with Gasteiger partial charge < -0.3 is 67.8 Å². The Morgan fingerprint density at radius 1 is 0.689 bits per heavy atom. The van der Waals surface area contributed by atoms with E-state index >= 15 is 0 Å². The van der Waals surface area contributed by atoms with E-state index in [0.717, 1.165) is 5.56 Å². The highest BCUT2D eigenvalue weighted by Gasteiger charge is 2.32. The van der Waals surface area contributed by atoms with Crippen LogP contribution in [0.4, 0.5) is 4.79 Å². The molecule has 338 valence electrons. The fourth-order valence-electron chi connectivity index (χ4n) is 6.23. The lowest BCUT2D eigenvalue weighted by Gasteiger charge is -2.27. The van der Waals surface area contributed by atoms with E-state index in [0.29, 0.717) is 56.0 Å². The predicted octanol–water partition coefficient (Wildman–Crippen LogP) is -0.0104. The van der Waals surface area contributed by atoms with Crippen LogP contribution in [0.2, 0.25) is 0 Å². The van der Waals surface area contributed by atoms with Gasteiger partial charge in [-0.2, -0.15) is 0 Å². The summed E-state index contributed by atoms with van der Waals surface area (Å²) in [6.45, 7) is 5.68. The van der Waals surface area contributed by atoms with Crippen molar-refractivity contribution >= 4 is 41.6 Å². The molecule has 0 aromatic heterocycles. The maximum atomic E-state index is 14.3. The number of ether oxygens (including phenoxy) is 3. The molecule has 0 heterocycles. The molecule has 0 aliphatic rings. The first-order valence-electron chi connectivity index (χ1n) is 20.1. The highest BCUT2D eigenvalue weighted by molar-refractivity contribution is 5.95. The van der Waals surface area contributed by atoms with Crippen molar-refractivity contribution in [2.45, 2.75) is 89.4 Å². The van der Waals surface area contributed by atoms with Gasteiger partial charge in [-0.05, 0) is 80.3 Å². The number of hydrogen-bond acceptors (Lipinski definition) is 11. The van der Waals surface area contributed by atoms with Crippen LogP contribution < -0.4 is 43.4 Å². The summed E-state index contributed by atoms with van der Waals surface area (Å²) in [5, 5.41) is 42.6. The first-order valence-corrected chi connectivity index (χ1v) is 20.1. The average molecular weight is 858 g/mol. The lowest BCUT2D eigenvalue weighted by Crippen LogP contribution is -2.58. The normalized spacial score (nSPS) is 12.8. The number of carboxylic acid groups (broad SMARTS) is 1. The number of methoxy groups -OCH3 is 1.